The Bertz CT molecular complexity index is 980. The fourth-order valence-corrected chi connectivity index (χ4v) is 4.28. The molecule has 0 aliphatic rings. The van der Waals surface area contributed by atoms with Crippen LogP contribution in [-0.4, -0.2) is 105 Å². The molecule has 206 valence electrons. The molecule has 0 bridgehead atoms. The van der Waals surface area contributed by atoms with E-state index in [0.29, 0.717) is 24.7 Å². The molecule has 0 aliphatic carbocycles. The van der Waals surface area contributed by atoms with Crippen LogP contribution in [0.1, 0.15) is 42.0 Å². The lowest BCUT2D eigenvalue weighted by Gasteiger charge is -2.09. The Balaban J connectivity index is 1.50. The summed E-state index contributed by atoms with van der Waals surface area (Å²) < 4.78 is 21.6. The Hall–Kier alpha value is -3.60. The van der Waals surface area contributed by atoms with Crippen molar-refractivity contribution in [2.45, 2.75) is 0 Å². The molecule has 2 aromatic heterocycles. The Labute approximate surface area is 223 Å². The average molecular weight is 573 g/mol. The minimum absolute atomic E-state index is 0.0736. The van der Waals surface area contributed by atoms with E-state index in [4.69, 9.17) is 39.4 Å². The van der Waals surface area contributed by atoms with Crippen molar-refractivity contribution in [3.8, 4) is 11.5 Å². The summed E-state index contributed by atoms with van der Waals surface area (Å²) in [6, 6.07) is 4.55. The largest absolute Gasteiger partial charge is 0.491 e. The molecule has 2 rings (SSSR count). The molecule has 14 nitrogen and oxygen atoms in total. The van der Waals surface area contributed by atoms with Gasteiger partial charge < -0.3 is 39.4 Å². The number of nitrogens with zero attached hydrogens (tertiary/aromatic N) is 2. The number of carboxylic acids is 4. The Morgan fingerprint density at radius 3 is 1.16 bits per heavy atom. The SMILES string of the molecule is O=C(O)c1cc(OCCOCCSSCCOCCOc2cc(C(=O)O)nc(C(=O)O)c2)cc(C(=O)O)n1. The highest BCUT2D eigenvalue weighted by atomic mass is 33.1. The lowest BCUT2D eigenvalue weighted by atomic mass is 10.3. The van der Waals surface area contributed by atoms with Gasteiger partial charge in [0, 0.05) is 35.8 Å². The van der Waals surface area contributed by atoms with Gasteiger partial charge in [-0.05, 0) is 0 Å². The number of aromatic nitrogens is 2. The minimum Gasteiger partial charge on any atom is -0.491 e. The molecule has 0 amide bonds. The number of carboxylic acid groups (broad SMARTS) is 4. The molecule has 0 spiro atoms. The van der Waals surface area contributed by atoms with Gasteiger partial charge in [-0.1, -0.05) is 21.6 Å². The van der Waals surface area contributed by atoms with Gasteiger partial charge >= 0.3 is 23.9 Å². The van der Waals surface area contributed by atoms with E-state index < -0.39 is 46.7 Å². The summed E-state index contributed by atoms with van der Waals surface area (Å²) in [5.74, 6) is -3.92. The fourth-order valence-electron chi connectivity index (χ4n) is 2.56. The number of hydrogen-bond acceptors (Lipinski definition) is 12. The third-order valence-corrected chi connectivity index (χ3v) is 6.51. The number of aromatic carboxylic acids is 4. The van der Waals surface area contributed by atoms with Crippen LogP contribution in [0.15, 0.2) is 24.3 Å². The molecule has 0 fully saturated rings. The normalized spacial score (nSPS) is 10.6. The van der Waals surface area contributed by atoms with Crippen LogP contribution in [0.2, 0.25) is 0 Å². The van der Waals surface area contributed by atoms with Crippen LogP contribution in [0, 0.1) is 0 Å². The zero-order chi connectivity index (χ0) is 27.9. The van der Waals surface area contributed by atoms with Crippen LogP contribution in [0.3, 0.4) is 0 Å². The summed E-state index contributed by atoms with van der Waals surface area (Å²) in [7, 11) is 3.14. The van der Waals surface area contributed by atoms with Crippen molar-refractivity contribution >= 4 is 45.5 Å². The number of pyridine rings is 2. The van der Waals surface area contributed by atoms with E-state index in [0.717, 1.165) is 24.3 Å². The van der Waals surface area contributed by atoms with Gasteiger partial charge in [0.2, 0.25) is 0 Å². The van der Waals surface area contributed by atoms with Crippen molar-refractivity contribution in [2.24, 2.45) is 0 Å². The molecule has 0 unspecified atom stereocenters. The second-order valence-corrected chi connectivity index (χ2v) is 9.64. The number of carbonyl (C=O) groups is 4. The lowest BCUT2D eigenvalue weighted by Crippen LogP contribution is -2.12. The van der Waals surface area contributed by atoms with E-state index in [1.54, 1.807) is 21.6 Å². The van der Waals surface area contributed by atoms with Crippen molar-refractivity contribution < 1.29 is 58.6 Å². The summed E-state index contributed by atoms with van der Waals surface area (Å²) in [6.07, 6.45) is 0. The van der Waals surface area contributed by atoms with E-state index >= 15 is 0 Å². The first-order valence-corrected chi connectivity index (χ1v) is 13.3. The van der Waals surface area contributed by atoms with Crippen molar-refractivity contribution in [2.75, 3.05) is 51.1 Å². The zero-order valence-corrected chi connectivity index (χ0v) is 21.4. The highest BCUT2D eigenvalue weighted by molar-refractivity contribution is 8.76. The molecule has 16 heteroatoms. The van der Waals surface area contributed by atoms with Gasteiger partial charge in [-0.3, -0.25) is 0 Å². The van der Waals surface area contributed by atoms with E-state index in [-0.39, 0.29) is 37.9 Å². The lowest BCUT2D eigenvalue weighted by molar-refractivity contribution is 0.0662. The fraction of sp³-hybridized carbons (Fsp3) is 0.364. The summed E-state index contributed by atoms with van der Waals surface area (Å²) in [6.45, 7) is 1.53. The number of hydrogen-bond donors (Lipinski definition) is 4. The molecule has 38 heavy (non-hydrogen) atoms. The maximum absolute atomic E-state index is 11.0. The molecule has 4 N–H and O–H groups in total. The van der Waals surface area contributed by atoms with Gasteiger partial charge in [0.05, 0.1) is 26.4 Å². The van der Waals surface area contributed by atoms with E-state index in [9.17, 15) is 19.2 Å². The monoisotopic (exact) mass is 572 g/mol. The summed E-state index contributed by atoms with van der Waals surface area (Å²) in [5, 5.41) is 36.0. The molecular formula is C22H24N2O12S2. The minimum atomic E-state index is -1.36. The van der Waals surface area contributed by atoms with Crippen molar-refractivity contribution in [1.82, 2.24) is 9.97 Å². The van der Waals surface area contributed by atoms with Gasteiger partial charge in [-0.15, -0.1) is 0 Å². The first kappa shape index (κ1) is 30.6. The van der Waals surface area contributed by atoms with Crippen molar-refractivity contribution in [3.63, 3.8) is 0 Å². The Kier molecular flexibility index (Phi) is 13.1. The topological polar surface area (TPSA) is 212 Å². The summed E-state index contributed by atoms with van der Waals surface area (Å²) in [5.41, 5.74) is -1.71. The number of ether oxygens (including phenoxy) is 4. The van der Waals surface area contributed by atoms with Crippen LogP contribution < -0.4 is 9.47 Å². The summed E-state index contributed by atoms with van der Waals surface area (Å²) >= 11 is 0. The first-order valence-electron chi connectivity index (χ1n) is 10.8. The van der Waals surface area contributed by atoms with Crippen LogP contribution in [-0.2, 0) is 9.47 Å². The molecule has 0 saturated heterocycles. The maximum Gasteiger partial charge on any atom is 0.354 e. The van der Waals surface area contributed by atoms with Gasteiger partial charge in [0.1, 0.15) is 24.7 Å². The van der Waals surface area contributed by atoms with E-state index in [1.165, 1.54) is 0 Å². The molecular weight excluding hydrogens is 548 g/mol. The van der Waals surface area contributed by atoms with Crippen LogP contribution in [0.5, 0.6) is 11.5 Å². The van der Waals surface area contributed by atoms with Crippen LogP contribution in [0.4, 0.5) is 0 Å². The third kappa shape index (κ3) is 11.2. The smallest absolute Gasteiger partial charge is 0.354 e. The highest BCUT2D eigenvalue weighted by Crippen LogP contribution is 2.20. The third-order valence-electron chi connectivity index (χ3n) is 4.17. The predicted octanol–water partition coefficient (Wildman–Crippen LogP) is 2.14. The van der Waals surface area contributed by atoms with E-state index in [1.807, 2.05) is 0 Å². The zero-order valence-electron chi connectivity index (χ0n) is 19.7. The molecule has 2 aromatic rings. The standard InChI is InChI=1S/C22H24N2O12S2/c25-19(26)15-9-13(10-16(23-15)20(27)28)35-3-1-33-5-7-37-38-8-6-34-2-4-36-14-11-17(21(29)30)24-18(12-14)22(31)32/h9-12H,1-8H2,(H,25,26)(H,27,28)(H,29,30)(H,31,32). The second-order valence-electron chi connectivity index (χ2n) is 6.93. The van der Waals surface area contributed by atoms with Gasteiger partial charge in [0.25, 0.3) is 0 Å². The van der Waals surface area contributed by atoms with Gasteiger partial charge in [-0.25, -0.2) is 29.1 Å². The van der Waals surface area contributed by atoms with Crippen molar-refractivity contribution in [1.29, 1.82) is 0 Å². The Morgan fingerprint density at radius 2 is 0.868 bits per heavy atom. The van der Waals surface area contributed by atoms with Crippen LogP contribution in [0.25, 0.3) is 0 Å². The molecule has 0 aromatic carbocycles. The van der Waals surface area contributed by atoms with Crippen molar-refractivity contribution in [3.05, 3.63) is 47.0 Å². The van der Waals surface area contributed by atoms with E-state index in [2.05, 4.69) is 9.97 Å². The quantitative estimate of drug-likeness (QED) is 0.140. The maximum atomic E-state index is 11.0. The number of rotatable bonds is 19. The van der Waals surface area contributed by atoms with Crippen LogP contribution >= 0.6 is 21.6 Å². The second kappa shape index (κ2) is 16.3. The molecule has 2 heterocycles. The Morgan fingerprint density at radius 1 is 0.553 bits per heavy atom. The highest BCUT2D eigenvalue weighted by Gasteiger charge is 2.15. The average Bonchev–Trinajstić information content (AvgIpc) is 2.88. The molecule has 0 saturated carbocycles. The predicted molar refractivity (Wildman–Crippen MR) is 134 cm³/mol. The molecule has 0 atom stereocenters. The first-order chi connectivity index (χ1) is 18.2. The summed E-state index contributed by atoms with van der Waals surface area (Å²) in [4.78, 5) is 51.2. The van der Waals surface area contributed by atoms with Gasteiger partial charge in [-0.2, -0.15) is 0 Å². The van der Waals surface area contributed by atoms with Gasteiger partial charge in [0.15, 0.2) is 22.8 Å². The molecule has 0 aliphatic heterocycles. The molecule has 0 radical (unpaired) electrons.